The molecule has 0 saturated heterocycles. The van der Waals surface area contributed by atoms with Crippen LogP contribution in [-0.4, -0.2) is 25.2 Å². The molecule has 0 aromatic heterocycles. The van der Waals surface area contributed by atoms with E-state index in [1.165, 1.54) is 0 Å². The van der Waals surface area contributed by atoms with Gasteiger partial charge in [0.15, 0.2) is 0 Å². The van der Waals surface area contributed by atoms with Crippen LogP contribution in [0.15, 0.2) is 0 Å². The number of ether oxygens (including phenoxy) is 2. The molecule has 0 fully saturated rings. The first-order valence-electron chi connectivity index (χ1n) is 9.43. The molecule has 0 heterocycles. The van der Waals surface area contributed by atoms with Crippen molar-refractivity contribution in [2.75, 3.05) is 13.2 Å². The molecule has 0 aromatic rings. The smallest absolute Gasteiger partial charge is 0.308 e. The first-order valence-corrected chi connectivity index (χ1v) is 9.43. The molecular weight excluding hydrogens is 292 g/mol. The highest BCUT2D eigenvalue weighted by atomic mass is 16.5. The lowest BCUT2D eigenvalue weighted by molar-refractivity contribution is -0.151. The standard InChI is InChI=1S/C19H36O4/c1-5-10-16(11-6-2)18(20)22-14-9-15-23-19(21)17(12-7-3)13-8-4/h16-17H,5-15H2,1-4H3. The van der Waals surface area contributed by atoms with E-state index in [0.717, 1.165) is 51.4 Å². The van der Waals surface area contributed by atoms with E-state index in [1.807, 2.05) is 0 Å². The molecule has 0 aliphatic heterocycles. The predicted octanol–water partition coefficient (Wildman–Crippen LogP) is 4.90. The molecule has 0 aliphatic rings. The first kappa shape index (κ1) is 21.9. The highest BCUT2D eigenvalue weighted by molar-refractivity contribution is 5.72. The molecule has 0 amide bonds. The lowest BCUT2D eigenvalue weighted by Crippen LogP contribution is -2.21. The van der Waals surface area contributed by atoms with Crippen LogP contribution in [0.25, 0.3) is 0 Å². The van der Waals surface area contributed by atoms with Crippen molar-refractivity contribution < 1.29 is 19.1 Å². The molecule has 0 saturated carbocycles. The summed E-state index contributed by atoms with van der Waals surface area (Å²) in [5.74, 6) is -0.165. The number of hydrogen-bond donors (Lipinski definition) is 0. The molecule has 0 aliphatic carbocycles. The maximum atomic E-state index is 12.0. The quantitative estimate of drug-likeness (QED) is 0.336. The molecule has 23 heavy (non-hydrogen) atoms. The third-order valence-electron chi connectivity index (χ3n) is 3.99. The number of carbonyl (C=O) groups excluding carboxylic acids is 2. The average Bonchev–Trinajstić information content (AvgIpc) is 2.53. The summed E-state index contributed by atoms with van der Waals surface area (Å²) >= 11 is 0. The Morgan fingerprint density at radius 1 is 0.652 bits per heavy atom. The molecule has 0 aromatic carbocycles. The van der Waals surface area contributed by atoms with Crippen LogP contribution < -0.4 is 0 Å². The molecule has 0 rings (SSSR count). The van der Waals surface area contributed by atoms with Crippen LogP contribution in [0.4, 0.5) is 0 Å². The fourth-order valence-electron chi connectivity index (χ4n) is 2.79. The van der Waals surface area contributed by atoms with Gasteiger partial charge in [-0.3, -0.25) is 9.59 Å². The summed E-state index contributed by atoms with van der Waals surface area (Å²) in [5, 5.41) is 0. The molecule has 136 valence electrons. The second kappa shape index (κ2) is 14.5. The first-order chi connectivity index (χ1) is 11.1. The molecule has 0 radical (unpaired) electrons. The second-order valence-corrected chi connectivity index (χ2v) is 6.24. The van der Waals surface area contributed by atoms with Crippen molar-refractivity contribution in [3.63, 3.8) is 0 Å². The minimum atomic E-state index is -0.102. The number of esters is 2. The van der Waals surface area contributed by atoms with Crippen LogP contribution in [0.3, 0.4) is 0 Å². The van der Waals surface area contributed by atoms with E-state index in [2.05, 4.69) is 27.7 Å². The van der Waals surface area contributed by atoms with Crippen molar-refractivity contribution in [1.82, 2.24) is 0 Å². The highest BCUT2D eigenvalue weighted by Crippen LogP contribution is 2.16. The van der Waals surface area contributed by atoms with Gasteiger partial charge in [-0.2, -0.15) is 0 Å². The van der Waals surface area contributed by atoms with Gasteiger partial charge in [-0.25, -0.2) is 0 Å². The molecule has 0 unspecified atom stereocenters. The van der Waals surface area contributed by atoms with Crippen LogP contribution in [0.1, 0.15) is 85.5 Å². The largest absolute Gasteiger partial charge is 0.465 e. The van der Waals surface area contributed by atoms with Gasteiger partial charge < -0.3 is 9.47 Å². The molecular formula is C19H36O4. The summed E-state index contributed by atoms with van der Waals surface area (Å²) in [5.41, 5.74) is 0. The Bertz CT molecular complexity index is 272. The van der Waals surface area contributed by atoms with Crippen LogP contribution in [0.5, 0.6) is 0 Å². The molecule has 4 nitrogen and oxygen atoms in total. The normalized spacial score (nSPS) is 11.0. The Morgan fingerprint density at radius 2 is 0.957 bits per heavy atom. The minimum Gasteiger partial charge on any atom is -0.465 e. The number of rotatable bonds is 14. The predicted molar refractivity (Wildman–Crippen MR) is 93.1 cm³/mol. The zero-order valence-electron chi connectivity index (χ0n) is 15.6. The second-order valence-electron chi connectivity index (χ2n) is 6.24. The van der Waals surface area contributed by atoms with E-state index in [4.69, 9.17) is 9.47 Å². The molecule has 0 N–H and O–H groups in total. The van der Waals surface area contributed by atoms with Crippen LogP contribution in [0.2, 0.25) is 0 Å². The zero-order chi connectivity index (χ0) is 17.5. The van der Waals surface area contributed by atoms with E-state index in [0.29, 0.717) is 19.6 Å². The van der Waals surface area contributed by atoms with Crippen molar-refractivity contribution in [2.24, 2.45) is 11.8 Å². The van der Waals surface area contributed by atoms with E-state index in [-0.39, 0.29) is 23.8 Å². The Kier molecular flexibility index (Phi) is 13.9. The molecule has 0 spiro atoms. The topological polar surface area (TPSA) is 52.6 Å². The minimum absolute atomic E-state index is 0.0195. The summed E-state index contributed by atoms with van der Waals surface area (Å²) in [6.45, 7) is 9.00. The Morgan fingerprint density at radius 3 is 1.22 bits per heavy atom. The fraction of sp³-hybridized carbons (Fsp3) is 0.895. The van der Waals surface area contributed by atoms with Gasteiger partial charge in [0.2, 0.25) is 0 Å². The van der Waals surface area contributed by atoms with Gasteiger partial charge in [0.1, 0.15) is 0 Å². The van der Waals surface area contributed by atoms with Crippen LogP contribution in [0, 0.1) is 11.8 Å². The maximum Gasteiger partial charge on any atom is 0.308 e. The Labute approximate surface area is 142 Å². The number of hydrogen-bond acceptors (Lipinski definition) is 4. The van der Waals surface area contributed by atoms with Gasteiger partial charge in [-0.05, 0) is 25.7 Å². The van der Waals surface area contributed by atoms with Gasteiger partial charge in [-0.1, -0.05) is 53.4 Å². The maximum absolute atomic E-state index is 12.0. The third kappa shape index (κ3) is 10.4. The molecule has 0 atom stereocenters. The number of carbonyl (C=O) groups is 2. The van der Waals surface area contributed by atoms with Gasteiger partial charge in [-0.15, -0.1) is 0 Å². The van der Waals surface area contributed by atoms with Gasteiger partial charge >= 0.3 is 11.9 Å². The monoisotopic (exact) mass is 328 g/mol. The van der Waals surface area contributed by atoms with Crippen molar-refractivity contribution in [3.05, 3.63) is 0 Å². The van der Waals surface area contributed by atoms with Crippen molar-refractivity contribution in [3.8, 4) is 0 Å². The summed E-state index contributed by atoms with van der Waals surface area (Å²) in [6, 6.07) is 0. The summed E-state index contributed by atoms with van der Waals surface area (Å²) in [6.07, 6.45) is 8.10. The lowest BCUT2D eigenvalue weighted by atomic mass is 9.99. The zero-order valence-corrected chi connectivity index (χ0v) is 15.6. The highest BCUT2D eigenvalue weighted by Gasteiger charge is 2.19. The summed E-state index contributed by atoms with van der Waals surface area (Å²) < 4.78 is 10.6. The lowest BCUT2D eigenvalue weighted by Gasteiger charge is -2.16. The van der Waals surface area contributed by atoms with E-state index in [1.54, 1.807) is 0 Å². The summed E-state index contributed by atoms with van der Waals surface area (Å²) in [4.78, 5) is 23.9. The fourth-order valence-corrected chi connectivity index (χ4v) is 2.79. The van der Waals surface area contributed by atoms with E-state index < -0.39 is 0 Å². The van der Waals surface area contributed by atoms with Gasteiger partial charge in [0, 0.05) is 6.42 Å². The van der Waals surface area contributed by atoms with Crippen molar-refractivity contribution in [1.29, 1.82) is 0 Å². The van der Waals surface area contributed by atoms with Gasteiger partial charge in [0.25, 0.3) is 0 Å². The van der Waals surface area contributed by atoms with Crippen LogP contribution in [-0.2, 0) is 19.1 Å². The van der Waals surface area contributed by atoms with Crippen molar-refractivity contribution >= 4 is 11.9 Å². The Balaban J connectivity index is 3.93. The third-order valence-corrected chi connectivity index (χ3v) is 3.99. The Hall–Kier alpha value is -1.06. The van der Waals surface area contributed by atoms with E-state index in [9.17, 15) is 9.59 Å². The summed E-state index contributed by atoms with van der Waals surface area (Å²) in [7, 11) is 0. The molecule has 0 bridgehead atoms. The van der Waals surface area contributed by atoms with E-state index >= 15 is 0 Å². The van der Waals surface area contributed by atoms with Gasteiger partial charge in [0.05, 0.1) is 25.0 Å². The average molecular weight is 328 g/mol. The van der Waals surface area contributed by atoms with Crippen molar-refractivity contribution in [2.45, 2.75) is 85.5 Å². The SMILES string of the molecule is CCCC(CCC)C(=O)OCCCOC(=O)C(CCC)CCC. The molecule has 4 heteroatoms. The van der Waals surface area contributed by atoms with Crippen LogP contribution >= 0.6 is 0 Å².